The summed E-state index contributed by atoms with van der Waals surface area (Å²) in [4.78, 5) is 37.0. The van der Waals surface area contributed by atoms with Gasteiger partial charge >= 0.3 is 0 Å². The van der Waals surface area contributed by atoms with Crippen LogP contribution in [0.3, 0.4) is 0 Å². The summed E-state index contributed by atoms with van der Waals surface area (Å²) in [5.41, 5.74) is 0.995. The Morgan fingerprint density at radius 2 is 1.73 bits per heavy atom. The van der Waals surface area contributed by atoms with Crippen molar-refractivity contribution >= 4 is 45.5 Å². The van der Waals surface area contributed by atoms with E-state index in [1.54, 1.807) is 42.5 Å². The Labute approximate surface area is 197 Å². The average Bonchev–Trinajstić information content (AvgIpc) is 3.27. The smallest absolute Gasteiger partial charge is 0.272 e. The highest BCUT2D eigenvalue weighted by Gasteiger charge is 2.18. The second-order valence-corrected chi connectivity index (χ2v) is 7.78. The summed E-state index contributed by atoms with van der Waals surface area (Å²) in [6, 6.07) is 17.5. The summed E-state index contributed by atoms with van der Waals surface area (Å²) in [6.07, 6.45) is 1.48. The molecule has 1 aliphatic heterocycles. The molecule has 0 bridgehead atoms. The molecule has 0 aromatic heterocycles. The largest absolute Gasteiger partial charge is 0.545 e. The van der Waals surface area contributed by atoms with Gasteiger partial charge in [-0.15, -0.1) is 0 Å². The molecule has 0 aliphatic carbocycles. The number of amides is 2. The van der Waals surface area contributed by atoms with Gasteiger partial charge in [0.05, 0.1) is 11.5 Å². The first-order chi connectivity index (χ1) is 15.9. The van der Waals surface area contributed by atoms with E-state index in [1.807, 2.05) is 0 Å². The van der Waals surface area contributed by atoms with Crippen LogP contribution >= 0.6 is 15.9 Å². The second kappa shape index (κ2) is 9.58. The molecule has 0 fully saturated rings. The van der Waals surface area contributed by atoms with Crippen LogP contribution in [0.2, 0.25) is 0 Å². The maximum Gasteiger partial charge on any atom is 0.272 e. The molecule has 3 aromatic rings. The van der Waals surface area contributed by atoms with E-state index in [2.05, 4.69) is 26.6 Å². The fourth-order valence-corrected chi connectivity index (χ4v) is 3.55. The highest BCUT2D eigenvalue weighted by atomic mass is 79.9. The first kappa shape index (κ1) is 22.1. The predicted octanol–water partition coefficient (Wildman–Crippen LogP) is 2.95. The number of ether oxygens (including phenoxy) is 2. The topological polar surface area (TPSA) is 117 Å². The van der Waals surface area contributed by atoms with Gasteiger partial charge in [-0.05, 0) is 69.5 Å². The average molecular weight is 508 g/mol. The summed E-state index contributed by atoms with van der Waals surface area (Å²) in [7, 11) is 0. The van der Waals surface area contributed by atoms with E-state index >= 15 is 0 Å². The van der Waals surface area contributed by atoms with Gasteiger partial charge in [0.15, 0.2) is 11.5 Å². The summed E-state index contributed by atoms with van der Waals surface area (Å²) >= 11 is 3.33. The molecule has 0 unspecified atom stereocenters. The Hall–Kier alpha value is -4.11. The third-order valence-corrected chi connectivity index (χ3v) is 5.37. The molecule has 2 amide bonds. The lowest BCUT2D eigenvalue weighted by Crippen LogP contribution is -2.31. The van der Waals surface area contributed by atoms with Gasteiger partial charge in [0.1, 0.15) is 5.70 Å². The molecule has 0 spiro atoms. The number of fused-ring (bicyclic) bond motifs is 1. The van der Waals surface area contributed by atoms with E-state index in [9.17, 15) is 19.5 Å². The number of carbonyl (C=O) groups excluding carboxylic acids is 3. The molecular weight excluding hydrogens is 492 g/mol. The summed E-state index contributed by atoms with van der Waals surface area (Å²) in [5, 5.41) is 16.4. The Morgan fingerprint density at radius 1 is 0.939 bits per heavy atom. The van der Waals surface area contributed by atoms with Crippen LogP contribution in [0.25, 0.3) is 6.08 Å². The number of anilines is 1. The number of aromatic carboxylic acids is 1. The number of hydrogen-bond donors (Lipinski definition) is 2. The lowest BCUT2D eigenvalue weighted by molar-refractivity contribution is -0.255. The van der Waals surface area contributed by atoms with Crippen molar-refractivity contribution in [2.75, 3.05) is 12.1 Å². The highest BCUT2D eigenvalue weighted by molar-refractivity contribution is 9.10. The fraction of sp³-hybridized carbons (Fsp3) is 0.0417. The lowest BCUT2D eigenvalue weighted by Gasteiger charge is -2.13. The third kappa shape index (κ3) is 5.21. The maximum absolute atomic E-state index is 13.1. The third-order valence-electron chi connectivity index (χ3n) is 4.68. The Kier molecular flexibility index (Phi) is 6.41. The molecule has 33 heavy (non-hydrogen) atoms. The summed E-state index contributed by atoms with van der Waals surface area (Å²) < 4.78 is 11.2. The molecule has 8 nitrogen and oxygen atoms in total. The van der Waals surface area contributed by atoms with E-state index in [0.717, 1.165) is 0 Å². The van der Waals surface area contributed by atoms with E-state index in [-0.39, 0.29) is 23.7 Å². The van der Waals surface area contributed by atoms with Crippen LogP contribution in [-0.2, 0) is 4.79 Å². The van der Waals surface area contributed by atoms with E-state index in [0.29, 0.717) is 27.1 Å². The maximum atomic E-state index is 13.1. The van der Waals surface area contributed by atoms with Crippen molar-refractivity contribution in [1.82, 2.24) is 5.32 Å². The van der Waals surface area contributed by atoms with Gasteiger partial charge in [-0.1, -0.05) is 30.3 Å². The number of carboxylic acids is 1. The Bertz CT molecular complexity index is 1290. The molecule has 0 radical (unpaired) electrons. The molecule has 0 saturated heterocycles. The molecule has 3 aromatic carbocycles. The zero-order valence-corrected chi connectivity index (χ0v) is 18.5. The van der Waals surface area contributed by atoms with Gasteiger partial charge in [-0.3, -0.25) is 9.59 Å². The molecule has 1 aliphatic rings. The molecule has 0 saturated carbocycles. The molecule has 4 rings (SSSR count). The minimum atomic E-state index is -1.37. The molecular formula is C24H16BrN2O6-. The Balaban J connectivity index is 1.65. The van der Waals surface area contributed by atoms with Crippen LogP contribution in [0.4, 0.5) is 5.69 Å². The number of nitrogens with one attached hydrogen (secondary N) is 2. The monoisotopic (exact) mass is 507 g/mol. The van der Waals surface area contributed by atoms with Crippen LogP contribution in [0.1, 0.15) is 26.3 Å². The van der Waals surface area contributed by atoms with Crippen molar-refractivity contribution in [3.8, 4) is 11.5 Å². The van der Waals surface area contributed by atoms with E-state index in [4.69, 9.17) is 9.47 Å². The van der Waals surface area contributed by atoms with Gasteiger partial charge in [-0.2, -0.15) is 0 Å². The Morgan fingerprint density at radius 3 is 2.52 bits per heavy atom. The molecule has 166 valence electrons. The van der Waals surface area contributed by atoms with Crippen LogP contribution in [0.5, 0.6) is 11.5 Å². The first-order valence-corrected chi connectivity index (χ1v) is 10.5. The van der Waals surface area contributed by atoms with Crippen molar-refractivity contribution in [1.29, 1.82) is 0 Å². The zero-order chi connectivity index (χ0) is 23.4. The first-order valence-electron chi connectivity index (χ1n) is 9.71. The number of carbonyl (C=O) groups is 3. The van der Waals surface area contributed by atoms with Crippen LogP contribution < -0.4 is 25.2 Å². The minimum absolute atomic E-state index is 0.0616. The fourth-order valence-electron chi connectivity index (χ4n) is 3.09. The lowest BCUT2D eigenvalue weighted by atomic mass is 10.1. The van der Waals surface area contributed by atoms with Gasteiger partial charge in [-0.25, -0.2) is 0 Å². The van der Waals surface area contributed by atoms with Gasteiger partial charge in [0, 0.05) is 10.2 Å². The SMILES string of the molecule is O=C(Nc1cccc(C(=O)[O-])c1)/C(=C\c1ccc2c(c1)OCO2)NC(=O)c1ccccc1Br. The van der Waals surface area contributed by atoms with E-state index in [1.165, 1.54) is 30.3 Å². The highest BCUT2D eigenvalue weighted by Crippen LogP contribution is 2.33. The quantitative estimate of drug-likeness (QED) is 0.495. The molecule has 2 N–H and O–H groups in total. The predicted molar refractivity (Wildman–Crippen MR) is 122 cm³/mol. The van der Waals surface area contributed by atoms with Crippen LogP contribution in [0, 0.1) is 0 Å². The van der Waals surface area contributed by atoms with Gasteiger partial charge in [0.2, 0.25) is 6.79 Å². The number of carboxylic acid groups (broad SMARTS) is 1. The van der Waals surface area contributed by atoms with Crippen molar-refractivity contribution in [2.24, 2.45) is 0 Å². The standard InChI is InChI=1S/C24H17BrN2O6/c25-18-7-2-1-6-17(18)22(28)27-19(10-14-8-9-20-21(11-14)33-13-32-20)23(29)26-16-5-3-4-15(12-16)24(30)31/h1-12H,13H2,(H,26,29)(H,27,28)(H,30,31)/p-1/b19-10+. The number of rotatable bonds is 6. The second-order valence-electron chi connectivity index (χ2n) is 6.93. The zero-order valence-electron chi connectivity index (χ0n) is 17.0. The number of hydrogen-bond acceptors (Lipinski definition) is 6. The number of benzene rings is 3. The van der Waals surface area contributed by atoms with Crippen LogP contribution in [0.15, 0.2) is 76.9 Å². The van der Waals surface area contributed by atoms with Crippen molar-refractivity contribution in [3.63, 3.8) is 0 Å². The molecule has 1 heterocycles. The van der Waals surface area contributed by atoms with Crippen LogP contribution in [-0.4, -0.2) is 24.6 Å². The van der Waals surface area contributed by atoms with Gasteiger partial charge < -0.3 is 30.0 Å². The molecule has 0 atom stereocenters. The minimum Gasteiger partial charge on any atom is -0.545 e. The van der Waals surface area contributed by atoms with Crippen molar-refractivity contribution < 1.29 is 29.0 Å². The summed E-state index contributed by atoms with van der Waals surface area (Å²) in [6.45, 7) is 0.101. The van der Waals surface area contributed by atoms with E-state index < -0.39 is 17.8 Å². The normalized spacial score (nSPS) is 12.2. The van der Waals surface area contributed by atoms with Gasteiger partial charge in [0.25, 0.3) is 11.8 Å². The molecule has 9 heteroatoms. The number of halogens is 1. The summed E-state index contributed by atoms with van der Waals surface area (Å²) in [5.74, 6) is -1.43. The van der Waals surface area contributed by atoms with Crippen molar-refractivity contribution in [2.45, 2.75) is 0 Å². The van der Waals surface area contributed by atoms with Crippen molar-refractivity contribution in [3.05, 3.63) is 93.6 Å².